The third-order valence-corrected chi connectivity index (χ3v) is 6.99. The highest BCUT2D eigenvalue weighted by Crippen LogP contribution is 2.37. The average Bonchev–Trinajstić information content (AvgIpc) is 3.19. The normalized spacial score (nSPS) is 25.2. The SMILES string of the molecule is O=C(O)C1CCC(n2c(Nc3ccccc3F)nc3cnc(NC4CCC(O)CC4)nc32)CC1. The molecule has 9 nitrogen and oxygen atoms in total. The zero-order valence-electron chi connectivity index (χ0n) is 18.8. The second kappa shape index (κ2) is 9.54. The van der Waals surface area contributed by atoms with Crippen LogP contribution in [0.1, 0.15) is 57.4 Å². The highest BCUT2D eigenvalue weighted by molar-refractivity contribution is 5.77. The molecule has 0 unspecified atom stereocenters. The average molecular weight is 469 g/mol. The highest BCUT2D eigenvalue weighted by Gasteiger charge is 2.30. The minimum Gasteiger partial charge on any atom is -0.481 e. The van der Waals surface area contributed by atoms with Gasteiger partial charge in [0.25, 0.3) is 0 Å². The van der Waals surface area contributed by atoms with E-state index in [0.29, 0.717) is 54.4 Å². The number of aliphatic hydroxyl groups excluding tert-OH is 1. The molecule has 2 aromatic heterocycles. The maximum atomic E-state index is 14.4. The molecule has 2 aliphatic carbocycles. The van der Waals surface area contributed by atoms with E-state index >= 15 is 0 Å². The predicted octanol–water partition coefficient (Wildman–Crippen LogP) is 4.24. The van der Waals surface area contributed by atoms with Gasteiger partial charge in [0.15, 0.2) is 5.65 Å². The van der Waals surface area contributed by atoms with Gasteiger partial charge in [-0.05, 0) is 63.5 Å². The molecule has 0 saturated heterocycles. The first-order valence-electron chi connectivity index (χ1n) is 11.9. The summed E-state index contributed by atoms with van der Waals surface area (Å²) in [6.45, 7) is 0. The molecule has 0 aliphatic heterocycles. The third-order valence-electron chi connectivity index (χ3n) is 6.99. The Labute approximate surface area is 196 Å². The molecule has 2 saturated carbocycles. The minimum absolute atomic E-state index is 0.0116. The molecule has 0 atom stereocenters. The summed E-state index contributed by atoms with van der Waals surface area (Å²) >= 11 is 0. The number of aliphatic hydroxyl groups is 1. The number of rotatable bonds is 6. The Bertz CT molecular complexity index is 1170. The molecule has 180 valence electrons. The number of benzene rings is 1. The van der Waals surface area contributed by atoms with E-state index < -0.39 is 5.97 Å². The van der Waals surface area contributed by atoms with Crippen molar-refractivity contribution in [2.24, 2.45) is 5.92 Å². The molecule has 0 spiro atoms. The number of nitrogens with zero attached hydrogens (tertiary/aromatic N) is 4. The van der Waals surface area contributed by atoms with Crippen molar-refractivity contribution in [3.63, 3.8) is 0 Å². The summed E-state index contributed by atoms with van der Waals surface area (Å²) in [4.78, 5) is 25.3. The number of para-hydroxylation sites is 1. The van der Waals surface area contributed by atoms with Gasteiger partial charge in [0, 0.05) is 12.1 Å². The van der Waals surface area contributed by atoms with Gasteiger partial charge in [-0.15, -0.1) is 0 Å². The third kappa shape index (κ3) is 4.68. The van der Waals surface area contributed by atoms with Gasteiger partial charge < -0.3 is 20.8 Å². The number of hydrogen-bond acceptors (Lipinski definition) is 7. The fourth-order valence-corrected chi connectivity index (χ4v) is 5.06. The summed E-state index contributed by atoms with van der Waals surface area (Å²) in [5.41, 5.74) is 1.53. The van der Waals surface area contributed by atoms with Crippen LogP contribution in [0.4, 0.5) is 22.0 Å². The van der Waals surface area contributed by atoms with Crippen molar-refractivity contribution in [2.75, 3.05) is 10.6 Å². The van der Waals surface area contributed by atoms with Gasteiger partial charge in [0.1, 0.15) is 11.3 Å². The van der Waals surface area contributed by atoms with Crippen LogP contribution in [0, 0.1) is 11.7 Å². The van der Waals surface area contributed by atoms with E-state index in [1.54, 1.807) is 24.4 Å². The summed E-state index contributed by atoms with van der Waals surface area (Å²) in [6.07, 6.45) is 7.09. The Hall–Kier alpha value is -3.27. The lowest BCUT2D eigenvalue weighted by molar-refractivity contribution is -0.143. The summed E-state index contributed by atoms with van der Waals surface area (Å²) in [7, 11) is 0. The Morgan fingerprint density at radius 3 is 2.47 bits per heavy atom. The van der Waals surface area contributed by atoms with Crippen molar-refractivity contribution in [2.45, 2.75) is 69.6 Å². The van der Waals surface area contributed by atoms with E-state index in [0.717, 1.165) is 25.7 Å². The van der Waals surface area contributed by atoms with Crippen molar-refractivity contribution in [3.05, 3.63) is 36.3 Å². The molecule has 2 heterocycles. The van der Waals surface area contributed by atoms with Crippen LogP contribution in [-0.4, -0.2) is 47.8 Å². The van der Waals surface area contributed by atoms with E-state index in [9.17, 15) is 19.4 Å². The number of carboxylic acid groups (broad SMARTS) is 1. The van der Waals surface area contributed by atoms with Crippen LogP contribution in [0.3, 0.4) is 0 Å². The van der Waals surface area contributed by atoms with Gasteiger partial charge in [-0.25, -0.2) is 14.4 Å². The summed E-state index contributed by atoms with van der Waals surface area (Å²) < 4.78 is 16.3. The number of halogens is 1. The summed E-state index contributed by atoms with van der Waals surface area (Å²) in [6, 6.07) is 6.60. The number of carbonyl (C=O) groups is 1. The van der Waals surface area contributed by atoms with Gasteiger partial charge in [0.2, 0.25) is 11.9 Å². The van der Waals surface area contributed by atoms with Gasteiger partial charge in [-0.2, -0.15) is 4.98 Å². The van der Waals surface area contributed by atoms with Gasteiger partial charge in [-0.3, -0.25) is 9.36 Å². The smallest absolute Gasteiger partial charge is 0.306 e. The number of carboxylic acids is 1. The Kier molecular flexibility index (Phi) is 6.32. The first-order chi connectivity index (χ1) is 16.5. The highest BCUT2D eigenvalue weighted by atomic mass is 19.1. The molecule has 4 N–H and O–H groups in total. The molecule has 0 bridgehead atoms. The fraction of sp³-hybridized carbons (Fsp3) is 0.500. The van der Waals surface area contributed by atoms with Crippen molar-refractivity contribution in [1.82, 2.24) is 19.5 Å². The molecule has 1 aromatic carbocycles. The van der Waals surface area contributed by atoms with Crippen LogP contribution in [0.15, 0.2) is 30.5 Å². The van der Waals surface area contributed by atoms with Crippen molar-refractivity contribution in [1.29, 1.82) is 0 Å². The lowest BCUT2D eigenvalue weighted by Crippen LogP contribution is -2.29. The first kappa shape index (κ1) is 22.5. The maximum Gasteiger partial charge on any atom is 0.306 e. The lowest BCUT2D eigenvalue weighted by Gasteiger charge is -2.29. The molecule has 34 heavy (non-hydrogen) atoms. The Morgan fingerprint density at radius 1 is 1.03 bits per heavy atom. The zero-order valence-corrected chi connectivity index (χ0v) is 18.8. The molecule has 2 fully saturated rings. The van der Waals surface area contributed by atoms with Gasteiger partial charge >= 0.3 is 5.97 Å². The Balaban J connectivity index is 1.48. The van der Waals surface area contributed by atoms with E-state index in [4.69, 9.17) is 4.98 Å². The number of anilines is 3. The van der Waals surface area contributed by atoms with Crippen molar-refractivity contribution < 1.29 is 19.4 Å². The van der Waals surface area contributed by atoms with Crippen molar-refractivity contribution >= 4 is 34.7 Å². The zero-order chi connectivity index (χ0) is 23.7. The monoisotopic (exact) mass is 468 g/mol. The summed E-state index contributed by atoms with van der Waals surface area (Å²) in [5, 5.41) is 25.7. The van der Waals surface area contributed by atoms with E-state index in [-0.39, 0.29) is 29.9 Å². The lowest BCUT2D eigenvalue weighted by atomic mass is 9.86. The maximum absolute atomic E-state index is 14.4. The number of nitrogens with one attached hydrogen (secondary N) is 2. The van der Waals surface area contributed by atoms with Crippen LogP contribution in [-0.2, 0) is 4.79 Å². The minimum atomic E-state index is -0.759. The topological polar surface area (TPSA) is 125 Å². The van der Waals surface area contributed by atoms with Crippen LogP contribution in [0.5, 0.6) is 0 Å². The number of aliphatic carboxylic acids is 1. The number of hydrogen-bond donors (Lipinski definition) is 4. The van der Waals surface area contributed by atoms with Crippen LogP contribution in [0.2, 0.25) is 0 Å². The number of imidazole rings is 1. The molecule has 10 heteroatoms. The standard InChI is InChI=1S/C24H29FN6O3/c25-18-3-1-2-4-19(18)28-24-29-20-13-26-23(27-15-7-11-17(32)12-8-15)30-21(20)31(24)16-9-5-14(6-10-16)22(33)34/h1-4,13-17,32H,5-12H2,(H,28,29)(H,33,34)(H,26,27,30). The number of aromatic nitrogens is 4. The van der Waals surface area contributed by atoms with Gasteiger partial charge in [-0.1, -0.05) is 12.1 Å². The van der Waals surface area contributed by atoms with Crippen LogP contribution >= 0.6 is 0 Å². The van der Waals surface area contributed by atoms with Crippen LogP contribution < -0.4 is 10.6 Å². The second-order valence-electron chi connectivity index (χ2n) is 9.31. The van der Waals surface area contributed by atoms with E-state index in [1.807, 2.05) is 4.57 Å². The number of fused-ring (bicyclic) bond motifs is 1. The molecule has 2 aliphatic rings. The first-order valence-corrected chi connectivity index (χ1v) is 11.9. The van der Waals surface area contributed by atoms with Gasteiger partial charge in [0.05, 0.1) is 23.9 Å². The molecular weight excluding hydrogens is 439 g/mol. The quantitative estimate of drug-likeness (QED) is 0.423. The fourth-order valence-electron chi connectivity index (χ4n) is 5.06. The summed E-state index contributed by atoms with van der Waals surface area (Å²) in [5.74, 6) is -0.533. The van der Waals surface area contributed by atoms with Crippen molar-refractivity contribution in [3.8, 4) is 0 Å². The molecule has 3 aromatic rings. The molecule has 0 amide bonds. The second-order valence-corrected chi connectivity index (χ2v) is 9.31. The molecule has 0 radical (unpaired) electrons. The van der Waals surface area contributed by atoms with E-state index in [1.165, 1.54) is 6.07 Å². The largest absolute Gasteiger partial charge is 0.481 e. The Morgan fingerprint density at radius 2 is 1.76 bits per heavy atom. The molecule has 5 rings (SSSR count). The van der Waals surface area contributed by atoms with Crippen LogP contribution in [0.25, 0.3) is 11.2 Å². The molecular formula is C24H29FN6O3. The predicted molar refractivity (Wildman–Crippen MR) is 126 cm³/mol. The van der Waals surface area contributed by atoms with E-state index in [2.05, 4.69) is 20.6 Å².